The standard InChI is InChI=1S/C17H21FN2O/c1-4-19-12-13-10-14(18)8-9-17(13)21-16-7-5-6-15(11-16)20(2)3/h5-11,19H,4,12H2,1-3H3. The second-order valence-corrected chi connectivity index (χ2v) is 5.03. The smallest absolute Gasteiger partial charge is 0.132 e. The zero-order valence-corrected chi connectivity index (χ0v) is 12.7. The van der Waals surface area contributed by atoms with E-state index in [1.54, 1.807) is 6.07 Å². The normalized spacial score (nSPS) is 10.5. The Bertz CT molecular complexity index is 599. The summed E-state index contributed by atoms with van der Waals surface area (Å²) >= 11 is 0. The molecule has 2 aromatic rings. The number of rotatable bonds is 6. The lowest BCUT2D eigenvalue weighted by Gasteiger charge is -2.15. The fraction of sp³-hybridized carbons (Fsp3) is 0.294. The molecule has 0 radical (unpaired) electrons. The van der Waals surface area contributed by atoms with E-state index in [0.29, 0.717) is 12.3 Å². The molecule has 0 unspecified atom stereocenters. The van der Waals surface area contributed by atoms with E-state index in [2.05, 4.69) is 5.32 Å². The average molecular weight is 288 g/mol. The molecule has 3 nitrogen and oxygen atoms in total. The number of halogens is 1. The molecule has 0 aromatic heterocycles. The Labute approximate surface area is 125 Å². The maximum atomic E-state index is 13.4. The molecule has 0 saturated heterocycles. The maximum absolute atomic E-state index is 13.4. The first-order valence-corrected chi connectivity index (χ1v) is 7.04. The van der Waals surface area contributed by atoms with Crippen molar-refractivity contribution in [1.82, 2.24) is 5.32 Å². The van der Waals surface area contributed by atoms with E-state index in [1.807, 2.05) is 50.2 Å². The Morgan fingerprint density at radius 2 is 1.95 bits per heavy atom. The van der Waals surface area contributed by atoms with Crippen LogP contribution in [0.25, 0.3) is 0 Å². The molecule has 0 amide bonds. The van der Waals surface area contributed by atoms with E-state index < -0.39 is 0 Å². The van der Waals surface area contributed by atoms with Crippen LogP contribution in [-0.2, 0) is 6.54 Å². The van der Waals surface area contributed by atoms with Gasteiger partial charge in [-0.25, -0.2) is 4.39 Å². The van der Waals surface area contributed by atoms with Gasteiger partial charge in [0, 0.05) is 38.0 Å². The molecular formula is C17H21FN2O. The van der Waals surface area contributed by atoms with Crippen molar-refractivity contribution in [1.29, 1.82) is 0 Å². The molecule has 21 heavy (non-hydrogen) atoms. The quantitative estimate of drug-likeness (QED) is 0.875. The summed E-state index contributed by atoms with van der Waals surface area (Å²) in [7, 11) is 3.96. The molecule has 0 heterocycles. The lowest BCUT2D eigenvalue weighted by molar-refractivity contribution is 0.470. The molecule has 0 fully saturated rings. The molecule has 0 aliphatic carbocycles. The van der Waals surface area contributed by atoms with Gasteiger partial charge in [0.25, 0.3) is 0 Å². The van der Waals surface area contributed by atoms with Crippen LogP contribution in [0.1, 0.15) is 12.5 Å². The van der Waals surface area contributed by atoms with Crippen molar-refractivity contribution < 1.29 is 9.13 Å². The fourth-order valence-electron chi connectivity index (χ4n) is 2.00. The summed E-state index contributed by atoms with van der Waals surface area (Å²) in [4.78, 5) is 2.01. The van der Waals surface area contributed by atoms with E-state index >= 15 is 0 Å². The van der Waals surface area contributed by atoms with Crippen LogP contribution in [0.3, 0.4) is 0 Å². The summed E-state index contributed by atoms with van der Waals surface area (Å²) in [5.74, 6) is 1.16. The summed E-state index contributed by atoms with van der Waals surface area (Å²) in [5, 5.41) is 3.19. The van der Waals surface area contributed by atoms with E-state index in [1.165, 1.54) is 12.1 Å². The van der Waals surface area contributed by atoms with Gasteiger partial charge in [-0.15, -0.1) is 0 Å². The number of benzene rings is 2. The van der Waals surface area contributed by atoms with Gasteiger partial charge in [0.2, 0.25) is 0 Å². The SMILES string of the molecule is CCNCc1cc(F)ccc1Oc1cccc(N(C)C)c1. The summed E-state index contributed by atoms with van der Waals surface area (Å²) in [5.41, 5.74) is 1.87. The third-order valence-corrected chi connectivity index (χ3v) is 3.15. The molecule has 0 saturated carbocycles. The van der Waals surface area contributed by atoms with Crippen molar-refractivity contribution >= 4 is 5.69 Å². The molecule has 1 N–H and O–H groups in total. The van der Waals surface area contributed by atoms with E-state index in [9.17, 15) is 4.39 Å². The van der Waals surface area contributed by atoms with Crippen molar-refractivity contribution in [2.75, 3.05) is 25.5 Å². The Balaban J connectivity index is 2.24. The number of ether oxygens (including phenoxy) is 1. The minimum absolute atomic E-state index is 0.253. The van der Waals surface area contributed by atoms with Crippen LogP contribution in [0.4, 0.5) is 10.1 Å². The maximum Gasteiger partial charge on any atom is 0.132 e. The zero-order chi connectivity index (χ0) is 15.2. The first-order chi connectivity index (χ1) is 10.1. The lowest BCUT2D eigenvalue weighted by atomic mass is 10.2. The highest BCUT2D eigenvalue weighted by atomic mass is 19.1. The third-order valence-electron chi connectivity index (χ3n) is 3.15. The molecular weight excluding hydrogens is 267 g/mol. The third kappa shape index (κ3) is 4.20. The fourth-order valence-corrected chi connectivity index (χ4v) is 2.00. The van der Waals surface area contributed by atoms with E-state index in [-0.39, 0.29) is 5.82 Å². The van der Waals surface area contributed by atoms with Gasteiger partial charge >= 0.3 is 0 Å². The van der Waals surface area contributed by atoms with Crippen molar-refractivity contribution in [3.8, 4) is 11.5 Å². The second kappa shape index (κ2) is 7.09. The lowest BCUT2D eigenvalue weighted by Crippen LogP contribution is -2.12. The van der Waals surface area contributed by atoms with Crippen LogP contribution in [0.2, 0.25) is 0 Å². The summed E-state index contributed by atoms with van der Waals surface area (Å²) in [6, 6.07) is 12.4. The average Bonchev–Trinajstić information content (AvgIpc) is 2.47. The topological polar surface area (TPSA) is 24.5 Å². The predicted molar refractivity (Wildman–Crippen MR) is 84.6 cm³/mol. The van der Waals surface area contributed by atoms with Gasteiger partial charge in [-0.3, -0.25) is 0 Å². The van der Waals surface area contributed by atoms with E-state index in [0.717, 1.165) is 23.5 Å². The highest BCUT2D eigenvalue weighted by Gasteiger charge is 2.07. The predicted octanol–water partition coefficient (Wildman–Crippen LogP) is 3.79. The summed E-state index contributed by atoms with van der Waals surface area (Å²) < 4.78 is 19.3. The van der Waals surface area contributed by atoms with Crippen LogP contribution in [0.5, 0.6) is 11.5 Å². The van der Waals surface area contributed by atoms with Gasteiger partial charge in [0.05, 0.1) is 0 Å². The van der Waals surface area contributed by atoms with Crippen LogP contribution in [0, 0.1) is 5.82 Å². The zero-order valence-electron chi connectivity index (χ0n) is 12.7. The summed E-state index contributed by atoms with van der Waals surface area (Å²) in [6.07, 6.45) is 0. The Morgan fingerprint density at radius 3 is 2.67 bits per heavy atom. The molecule has 112 valence electrons. The van der Waals surface area contributed by atoms with Crippen molar-refractivity contribution in [2.24, 2.45) is 0 Å². The monoisotopic (exact) mass is 288 g/mol. The van der Waals surface area contributed by atoms with Crippen molar-refractivity contribution in [3.63, 3.8) is 0 Å². The Hall–Kier alpha value is -2.07. The Kier molecular flexibility index (Phi) is 5.17. The molecule has 0 atom stereocenters. The number of hydrogen-bond donors (Lipinski definition) is 1. The van der Waals surface area contributed by atoms with Crippen LogP contribution in [0.15, 0.2) is 42.5 Å². The summed E-state index contributed by atoms with van der Waals surface area (Å²) in [6.45, 7) is 3.42. The number of nitrogens with one attached hydrogen (secondary N) is 1. The molecule has 4 heteroatoms. The second-order valence-electron chi connectivity index (χ2n) is 5.03. The van der Waals surface area contributed by atoms with Gasteiger partial charge in [-0.2, -0.15) is 0 Å². The first kappa shape index (κ1) is 15.3. The molecule has 0 aliphatic rings. The van der Waals surface area contributed by atoms with E-state index in [4.69, 9.17) is 4.74 Å². The minimum Gasteiger partial charge on any atom is -0.457 e. The molecule has 0 bridgehead atoms. The number of nitrogens with zero attached hydrogens (tertiary/aromatic N) is 1. The minimum atomic E-state index is -0.253. The van der Waals surface area contributed by atoms with Crippen LogP contribution in [-0.4, -0.2) is 20.6 Å². The highest BCUT2D eigenvalue weighted by molar-refractivity contribution is 5.50. The molecule has 2 aromatic carbocycles. The number of anilines is 1. The number of hydrogen-bond acceptors (Lipinski definition) is 3. The molecule has 2 rings (SSSR count). The highest BCUT2D eigenvalue weighted by Crippen LogP contribution is 2.28. The van der Waals surface area contributed by atoms with Crippen LogP contribution >= 0.6 is 0 Å². The largest absolute Gasteiger partial charge is 0.457 e. The molecule has 0 spiro atoms. The van der Waals surface area contributed by atoms with Gasteiger partial charge in [0.15, 0.2) is 0 Å². The van der Waals surface area contributed by atoms with Crippen LogP contribution < -0.4 is 15.0 Å². The van der Waals surface area contributed by atoms with Crippen molar-refractivity contribution in [3.05, 3.63) is 53.8 Å². The van der Waals surface area contributed by atoms with Crippen molar-refractivity contribution in [2.45, 2.75) is 13.5 Å². The molecule has 0 aliphatic heterocycles. The van der Waals surface area contributed by atoms with Gasteiger partial charge in [0.1, 0.15) is 17.3 Å². The van der Waals surface area contributed by atoms with Gasteiger partial charge in [-0.05, 0) is 36.9 Å². The van der Waals surface area contributed by atoms with Gasteiger partial charge in [-0.1, -0.05) is 13.0 Å². The Morgan fingerprint density at radius 1 is 1.14 bits per heavy atom. The first-order valence-electron chi connectivity index (χ1n) is 7.04. The van der Waals surface area contributed by atoms with Gasteiger partial charge < -0.3 is 15.0 Å².